The minimum absolute atomic E-state index is 0.0573. The molecule has 0 fully saturated rings. The van der Waals surface area contributed by atoms with Gasteiger partial charge < -0.3 is 9.84 Å². The third-order valence-corrected chi connectivity index (χ3v) is 2.73. The molecule has 0 saturated carbocycles. The van der Waals surface area contributed by atoms with Crippen molar-refractivity contribution in [2.45, 2.75) is 6.04 Å². The maximum absolute atomic E-state index is 9.58. The highest BCUT2D eigenvalue weighted by atomic mass is 16.5. The van der Waals surface area contributed by atoms with Crippen LogP contribution in [0.15, 0.2) is 43.5 Å². The summed E-state index contributed by atoms with van der Waals surface area (Å²) < 4.78 is 5.06. The Bertz CT molecular complexity index is 481. The second kappa shape index (κ2) is 7.24. The van der Waals surface area contributed by atoms with Crippen LogP contribution < -0.4 is 4.74 Å². The summed E-state index contributed by atoms with van der Waals surface area (Å²) in [5.41, 5.74) is 0.765. The van der Waals surface area contributed by atoms with Crippen LogP contribution in [-0.4, -0.2) is 30.2 Å². The van der Waals surface area contributed by atoms with Crippen molar-refractivity contribution in [1.29, 1.82) is 5.26 Å². The van der Waals surface area contributed by atoms with Crippen LogP contribution in [0.1, 0.15) is 11.6 Å². The second-order valence-electron chi connectivity index (χ2n) is 3.99. The Hall–Kier alpha value is -2.25. The number of rotatable bonds is 7. The third-order valence-electron chi connectivity index (χ3n) is 2.73. The van der Waals surface area contributed by atoms with Gasteiger partial charge in [-0.15, -0.1) is 13.2 Å². The predicted molar refractivity (Wildman–Crippen MR) is 75.0 cm³/mol. The number of aromatic hydroxyl groups is 1. The van der Waals surface area contributed by atoms with E-state index in [2.05, 4.69) is 19.2 Å². The van der Waals surface area contributed by atoms with E-state index in [0.29, 0.717) is 18.8 Å². The average molecular weight is 258 g/mol. The zero-order valence-electron chi connectivity index (χ0n) is 11.0. The monoisotopic (exact) mass is 258 g/mol. The molecule has 0 spiro atoms. The molecule has 1 rings (SSSR count). The number of phenolic OH excluding ortho intramolecular Hbond substituents is 1. The molecule has 1 aromatic rings. The maximum atomic E-state index is 9.58. The average Bonchev–Trinajstić information content (AvgIpc) is 2.42. The zero-order chi connectivity index (χ0) is 14.3. The topological polar surface area (TPSA) is 56.5 Å². The van der Waals surface area contributed by atoms with Crippen LogP contribution in [0.2, 0.25) is 0 Å². The molecule has 0 aliphatic heterocycles. The first-order valence-corrected chi connectivity index (χ1v) is 5.90. The highest BCUT2D eigenvalue weighted by Gasteiger charge is 2.19. The molecule has 0 aromatic heterocycles. The van der Waals surface area contributed by atoms with E-state index in [0.717, 1.165) is 5.56 Å². The standard InChI is InChI=1S/C15H18N2O2/c1-4-8-17(9-5-2)13(11-16)12-6-7-14(18)15(10-12)19-3/h4-7,10,13,18H,1-2,8-9H2,3H3. The number of nitrogens with zero attached hydrogens (tertiary/aromatic N) is 2. The molecular weight excluding hydrogens is 240 g/mol. The smallest absolute Gasteiger partial charge is 0.160 e. The van der Waals surface area contributed by atoms with Gasteiger partial charge in [0.2, 0.25) is 0 Å². The van der Waals surface area contributed by atoms with Gasteiger partial charge >= 0.3 is 0 Å². The first-order chi connectivity index (χ1) is 9.17. The second-order valence-corrected chi connectivity index (χ2v) is 3.99. The molecule has 0 radical (unpaired) electrons. The van der Waals surface area contributed by atoms with E-state index in [9.17, 15) is 10.4 Å². The largest absolute Gasteiger partial charge is 0.504 e. The number of nitriles is 1. The lowest BCUT2D eigenvalue weighted by Gasteiger charge is -2.25. The Morgan fingerprint density at radius 2 is 2.05 bits per heavy atom. The van der Waals surface area contributed by atoms with Gasteiger partial charge in [-0.05, 0) is 17.7 Å². The highest BCUT2D eigenvalue weighted by Crippen LogP contribution is 2.30. The molecular formula is C15H18N2O2. The molecule has 4 heteroatoms. The van der Waals surface area contributed by atoms with Crippen molar-refractivity contribution < 1.29 is 9.84 Å². The van der Waals surface area contributed by atoms with Gasteiger partial charge in [-0.3, -0.25) is 4.90 Å². The number of ether oxygens (including phenoxy) is 1. The molecule has 1 atom stereocenters. The fourth-order valence-corrected chi connectivity index (χ4v) is 1.85. The van der Waals surface area contributed by atoms with Gasteiger partial charge in [-0.1, -0.05) is 18.2 Å². The van der Waals surface area contributed by atoms with Crippen molar-refractivity contribution in [2.75, 3.05) is 20.2 Å². The molecule has 0 amide bonds. The van der Waals surface area contributed by atoms with Crippen molar-refractivity contribution in [3.63, 3.8) is 0 Å². The van der Waals surface area contributed by atoms with Crippen molar-refractivity contribution in [2.24, 2.45) is 0 Å². The van der Waals surface area contributed by atoms with Crippen LogP contribution >= 0.6 is 0 Å². The normalized spacial score (nSPS) is 11.6. The lowest BCUT2D eigenvalue weighted by molar-refractivity contribution is 0.289. The zero-order valence-corrected chi connectivity index (χ0v) is 11.0. The number of hydrogen-bond acceptors (Lipinski definition) is 4. The molecule has 1 N–H and O–H groups in total. The Kier molecular flexibility index (Phi) is 5.65. The highest BCUT2D eigenvalue weighted by molar-refractivity contribution is 5.43. The Balaban J connectivity index is 3.10. The molecule has 0 aliphatic rings. The Labute approximate surface area is 113 Å². The van der Waals surface area contributed by atoms with Crippen molar-refractivity contribution >= 4 is 0 Å². The Morgan fingerprint density at radius 1 is 1.42 bits per heavy atom. The van der Waals surface area contributed by atoms with Crippen molar-refractivity contribution in [3.8, 4) is 17.6 Å². The summed E-state index contributed by atoms with van der Waals surface area (Å²) in [4.78, 5) is 1.92. The van der Waals surface area contributed by atoms with E-state index in [1.807, 2.05) is 4.90 Å². The lowest BCUT2D eigenvalue weighted by atomic mass is 10.1. The van der Waals surface area contributed by atoms with E-state index in [1.54, 1.807) is 24.3 Å². The number of methoxy groups -OCH3 is 1. The van der Waals surface area contributed by atoms with Crippen molar-refractivity contribution in [1.82, 2.24) is 4.90 Å². The first kappa shape index (κ1) is 14.8. The van der Waals surface area contributed by atoms with E-state index >= 15 is 0 Å². The van der Waals surface area contributed by atoms with Crippen LogP contribution in [-0.2, 0) is 0 Å². The van der Waals surface area contributed by atoms with Crippen LogP contribution in [0.25, 0.3) is 0 Å². The van der Waals surface area contributed by atoms with Gasteiger partial charge in [0.1, 0.15) is 6.04 Å². The molecule has 1 aromatic carbocycles. The predicted octanol–water partition coefficient (Wildman–Crippen LogP) is 2.64. The number of hydrogen-bond donors (Lipinski definition) is 1. The summed E-state index contributed by atoms with van der Waals surface area (Å²) in [6.45, 7) is 8.54. The Morgan fingerprint density at radius 3 is 2.53 bits per heavy atom. The summed E-state index contributed by atoms with van der Waals surface area (Å²) in [5, 5.41) is 19.0. The minimum atomic E-state index is -0.439. The molecule has 4 nitrogen and oxygen atoms in total. The van der Waals surface area contributed by atoms with Gasteiger partial charge in [0.15, 0.2) is 11.5 Å². The van der Waals surface area contributed by atoms with Crippen LogP contribution in [0.5, 0.6) is 11.5 Å². The van der Waals surface area contributed by atoms with Gasteiger partial charge in [-0.2, -0.15) is 5.26 Å². The fourth-order valence-electron chi connectivity index (χ4n) is 1.85. The molecule has 100 valence electrons. The van der Waals surface area contributed by atoms with Gasteiger partial charge in [0.05, 0.1) is 13.2 Å². The summed E-state index contributed by atoms with van der Waals surface area (Å²) in [6, 6.07) is 6.72. The van der Waals surface area contributed by atoms with Crippen LogP contribution in [0.4, 0.5) is 0 Å². The van der Waals surface area contributed by atoms with Crippen LogP contribution in [0, 0.1) is 11.3 Å². The van der Waals surface area contributed by atoms with Gasteiger partial charge in [0.25, 0.3) is 0 Å². The maximum Gasteiger partial charge on any atom is 0.160 e. The summed E-state index contributed by atoms with van der Waals surface area (Å²) >= 11 is 0. The summed E-state index contributed by atoms with van der Waals surface area (Å²) in [5.74, 6) is 0.414. The van der Waals surface area contributed by atoms with E-state index in [4.69, 9.17) is 4.74 Å². The first-order valence-electron chi connectivity index (χ1n) is 5.90. The summed E-state index contributed by atoms with van der Waals surface area (Å²) in [6.07, 6.45) is 3.48. The van der Waals surface area contributed by atoms with Crippen molar-refractivity contribution in [3.05, 3.63) is 49.1 Å². The number of benzene rings is 1. The molecule has 0 saturated heterocycles. The molecule has 1 unspecified atom stereocenters. The third kappa shape index (κ3) is 3.60. The van der Waals surface area contributed by atoms with Gasteiger partial charge in [-0.25, -0.2) is 0 Å². The minimum Gasteiger partial charge on any atom is -0.504 e. The summed E-state index contributed by atoms with van der Waals surface area (Å²) in [7, 11) is 1.48. The van der Waals surface area contributed by atoms with Gasteiger partial charge in [0, 0.05) is 13.1 Å². The van der Waals surface area contributed by atoms with E-state index in [-0.39, 0.29) is 5.75 Å². The van der Waals surface area contributed by atoms with E-state index in [1.165, 1.54) is 13.2 Å². The molecule has 19 heavy (non-hydrogen) atoms. The molecule has 0 aliphatic carbocycles. The quantitative estimate of drug-likeness (QED) is 0.764. The van der Waals surface area contributed by atoms with Crippen LogP contribution in [0.3, 0.4) is 0 Å². The number of phenols is 1. The lowest BCUT2D eigenvalue weighted by Crippen LogP contribution is -2.28. The molecule has 0 heterocycles. The SMILES string of the molecule is C=CCN(CC=C)C(C#N)c1ccc(O)c(OC)c1. The fraction of sp³-hybridized carbons (Fsp3) is 0.267. The van der Waals surface area contributed by atoms with E-state index < -0.39 is 6.04 Å². The molecule has 0 bridgehead atoms.